The van der Waals surface area contributed by atoms with Gasteiger partial charge >= 0.3 is 5.97 Å². The summed E-state index contributed by atoms with van der Waals surface area (Å²) in [4.78, 5) is 31.0. The number of aromatic nitrogens is 2. The lowest BCUT2D eigenvalue weighted by atomic mass is 10.1. The number of benzene rings is 1. The summed E-state index contributed by atoms with van der Waals surface area (Å²) in [5.74, 6) is -1.29. The van der Waals surface area contributed by atoms with Crippen LogP contribution >= 0.6 is 0 Å². The molecule has 1 N–H and O–H groups in total. The highest BCUT2D eigenvalue weighted by atomic mass is 19.1. The number of halogens is 1. The Morgan fingerprint density at radius 2 is 2.24 bits per heavy atom. The maximum atomic E-state index is 14.1. The molecule has 21 heavy (non-hydrogen) atoms. The topological polar surface area (TPSA) is 72.1 Å². The second-order valence-electron chi connectivity index (χ2n) is 4.43. The second kappa shape index (κ2) is 4.97. The number of hydrogen-bond donors (Lipinski definition) is 1. The van der Waals surface area contributed by atoms with Crippen LogP contribution in [0.5, 0.6) is 0 Å². The standard InChI is InChI=1S/C15H11FN2O3/c1-2-21-15(20)10-7-18-13-9(14(10)19)6-11(16)8-4-3-5-17-12(8)13/h3-7H,2H2,1H3,(H,18,19). The van der Waals surface area contributed by atoms with Crippen molar-refractivity contribution in [3.63, 3.8) is 0 Å². The smallest absolute Gasteiger partial charge is 0.343 e. The van der Waals surface area contributed by atoms with Gasteiger partial charge < -0.3 is 9.72 Å². The molecule has 106 valence electrons. The van der Waals surface area contributed by atoms with Gasteiger partial charge in [-0.1, -0.05) is 0 Å². The van der Waals surface area contributed by atoms with Crippen LogP contribution in [0, 0.1) is 5.82 Å². The maximum Gasteiger partial charge on any atom is 0.343 e. The highest BCUT2D eigenvalue weighted by molar-refractivity contribution is 6.04. The van der Waals surface area contributed by atoms with Gasteiger partial charge in [-0.25, -0.2) is 9.18 Å². The van der Waals surface area contributed by atoms with Gasteiger partial charge in [-0.3, -0.25) is 9.78 Å². The van der Waals surface area contributed by atoms with E-state index in [2.05, 4.69) is 9.97 Å². The minimum atomic E-state index is -0.734. The molecule has 2 aromatic heterocycles. The number of aromatic amines is 1. The van der Waals surface area contributed by atoms with E-state index in [1.165, 1.54) is 12.4 Å². The van der Waals surface area contributed by atoms with Gasteiger partial charge in [0.2, 0.25) is 5.43 Å². The fourth-order valence-corrected chi connectivity index (χ4v) is 2.24. The number of ether oxygens (including phenoxy) is 1. The van der Waals surface area contributed by atoms with E-state index in [-0.39, 0.29) is 17.6 Å². The normalized spacial score (nSPS) is 11.0. The Kier molecular flexibility index (Phi) is 3.13. The third kappa shape index (κ3) is 2.05. The number of esters is 1. The lowest BCUT2D eigenvalue weighted by Gasteiger charge is -2.06. The van der Waals surface area contributed by atoms with E-state index in [0.29, 0.717) is 16.4 Å². The molecule has 2 heterocycles. The molecule has 0 bridgehead atoms. The van der Waals surface area contributed by atoms with Crippen molar-refractivity contribution in [2.24, 2.45) is 0 Å². The summed E-state index contributed by atoms with van der Waals surface area (Å²) in [6.45, 7) is 1.80. The van der Waals surface area contributed by atoms with Crippen molar-refractivity contribution in [2.45, 2.75) is 6.92 Å². The fourth-order valence-electron chi connectivity index (χ4n) is 2.24. The van der Waals surface area contributed by atoms with E-state index < -0.39 is 17.2 Å². The van der Waals surface area contributed by atoms with Crippen molar-refractivity contribution in [2.75, 3.05) is 6.61 Å². The maximum absolute atomic E-state index is 14.1. The van der Waals surface area contributed by atoms with Crippen molar-refractivity contribution >= 4 is 27.8 Å². The van der Waals surface area contributed by atoms with E-state index in [1.807, 2.05) is 0 Å². The van der Waals surface area contributed by atoms with Gasteiger partial charge in [-0.05, 0) is 25.1 Å². The van der Waals surface area contributed by atoms with E-state index in [4.69, 9.17) is 4.74 Å². The molecule has 0 saturated heterocycles. The van der Waals surface area contributed by atoms with Crippen LogP contribution in [-0.2, 0) is 4.74 Å². The predicted octanol–water partition coefficient (Wildman–Crippen LogP) is 2.39. The highest BCUT2D eigenvalue weighted by Gasteiger charge is 2.17. The van der Waals surface area contributed by atoms with Crippen molar-refractivity contribution in [1.29, 1.82) is 0 Å². The zero-order chi connectivity index (χ0) is 15.0. The lowest BCUT2D eigenvalue weighted by Crippen LogP contribution is -2.18. The number of H-pyrrole nitrogens is 1. The molecular formula is C15H11FN2O3. The minimum absolute atomic E-state index is 0.0734. The molecule has 0 spiro atoms. The number of rotatable bonds is 2. The number of pyridine rings is 2. The van der Waals surface area contributed by atoms with Gasteiger partial charge in [0, 0.05) is 17.8 Å². The Morgan fingerprint density at radius 1 is 1.43 bits per heavy atom. The first-order chi connectivity index (χ1) is 10.1. The number of nitrogens with one attached hydrogen (secondary N) is 1. The third-order valence-electron chi connectivity index (χ3n) is 3.19. The Labute approximate surface area is 118 Å². The molecule has 5 nitrogen and oxygen atoms in total. The highest BCUT2D eigenvalue weighted by Crippen LogP contribution is 2.23. The molecule has 3 aromatic rings. The summed E-state index contributed by atoms with van der Waals surface area (Å²) in [5, 5.41) is 0.383. The van der Waals surface area contributed by atoms with Crippen LogP contribution in [0.3, 0.4) is 0 Å². The van der Waals surface area contributed by atoms with Crippen LogP contribution in [0.2, 0.25) is 0 Å². The molecule has 6 heteroatoms. The summed E-state index contributed by atoms with van der Waals surface area (Å²) < 4.78 is 18.9. The van der Waals surface area contributed by atoms with E-state index in [1.54, 1.807) is 19.1 Å². The molecule has 0 fully saturated rings. The van der Waals surface area contributed by atoms with Crippen LogP contribution in [-0.4, -0.2) is 22.5 Å². The molecule has 0 amide bonds. The number of fused-ring (bicyclic) bond motifs is 3. The molecule has 0 radical (unpaired) electrons. The number of nitrogens with zero attached hydrogens (tertiary/aromatic N) is 1. The number of hydrogen-bond acceptors (Lipinski definition) is 4. The molecule has 0 saturated carbocycles. The van der Waals surface area contributed by atoms with Gasteiger partial charge in [0.25, 0.3) is 0 Å². The average molecular weight is 286 g/mol. The second-order valence-corrected chi connectivity index (χ2v) is 4.43. The number of carbonyl (C=O) groups is 1. The van der Waals surface area contributed by atoms with Crippen molar-refractivity contribution in [3.8, 4) is 0 Å². The lowest BCUT2D eigenvalue weighted by molar-refractivity contribution is 0.0524. The van der Waals surface area contributed by atoms with Crippen LogP contribution in [0.25, 0.3) is 21.8 Å². The summed E-state index contributed by atoms with van der Waals surface area (Å²) in [6, 6.07) is 4.30. The first-order valence-electron chi connectivity index (χ1n) is 6.39. The molecule has 0 aliphatic rings. The average Bonchev–Trinajstić information content (AvgIpc) is 2.49. The SMILES string of the molecule is CCOC(=O)c1c[nH]c2c(cc(F)c3cccnc32)c1=O. The first-order valence-corrected chi connectivity index (χ1v) is 6.39. The summed E-state index contributed by atoms with van der Waals surface area (Å²) >= 11 is 0. The molecule has 0 atom stereocenters. The number of carbonyl (C=O) groups excluding carboxylic acids is 1. The van der Waals surface area contributed by atoms with Crippen LogP contribution in [0.1, 0.15) is 17.3 Å². The van der Waals surface area contributed by atoms with Crippen LogP contribution < -0.4 is 5.43 Å². The Hall–Kier alpha value is -2.76. The zero-order valence-electron chi connectivity index (χ0n) is 11.1. The first kappa shape index (κ1) is 13.2. The molecular weight excluding hydrogens is 275 g/mol. The zero-order valence-corrected chi connectivity index (χ0v) is 11.1. The van der Waals surface area contributed by atoms with Crippen molar-refractivity contribution < 1.29 is 13.9 Å². The molecule has 1 aromatic carbocycles. The van der Waals surface area contributed by atoms with Gasteiger partial charge in [-0.15, -0.1) is 0 Å². The van der Waals surface area contributed by atoms with Crippen LogP contribution in [0.4, 0.5) is 4.39 Å². The van der Waals surface area contributed by atoms with E-state index in [9.17, 15) is 14.0 Å². The predicted molar refractivity (Wildman–Crippen MR) is 75.8 cm³/mol. The minimum Gasteiger partial charge on any atom is -0.462 e. The van der Waals surface area contributed by atoms with Gasteiger partial charge in [0.05, 0.1) is 23.0 Å². The monoisotopic (exact) mass is 286 g/mol. The largest absolute Gasteiger partial charge is 0.462 e. The van der Waals surface area contributed by atoms with Gasteiger partial charge in [-0.2, -0.15) is 0 Å². The Morgan fingerprint density at radius 3 is 3.00 bits per heavy atom. The van der Waals surface area contributed by atoms with Crippen molar-refractivity contribution in [1.82, 2.24) is 9.97 Å². The molecule has 0 unspecified atom stereocenters. The Bertz CT molecular complexity index is 918. The molecule has 0 aliphatic carbocycles. The third-order valence-corrected chi connectivity index (χ3v) is 3.19. The van der Waals surface area contributed by atoms with E-state index >= 15 is 0 Å². The van der Waals surface area contributed by atoms with Gasteiger partial charge in [0.1, 0.15) is 11.4 Å². The summed E-state index contributed by atoms with van der Waals surface area (Å²) in [6.07, 6.45) is 2.79. The van der Waals surface area contributed by atoms with E-state index in [0.717, 1.165) is 6.07 Å². The molecule has 3 rings (SSSR count). The summed E-state index contributed by atoms with van der Waals surface area (Å²) in [7, 11) is 0. The molecule has 0 aliphatic heterocycles. The van der Waals surface area contributed by atoms with Gasteiger partial charge in [0.15, 0.2) is 0 Å². The van der Waals surface area contributed by atoms with Crippen LogP contribution in [0.15, 0.2) is 35.4 Å². The fraction of sp³-hybridized carbons (Fsp3) is 0.133. The summed E-state index contributed by atoms with van der Waals surface area (Å²) in [5.41, 5.74) is 0.0118. The Balaban J connectivity index is 2.38. The quantitative estimate of drug-likeness (QED) is 0.580. The van der Waals surface area contributed by atoms with Crippen molar-refractivity contribution in [3.05, 3.63) is 52.2 Å².